The minimum absolute atomic E-state index is 0.112. The van der Waals surface area contributed by atoms with Crippen molar-refractivity contribution >= 4 is 21.6 Å². The summed E-state index contributed by atoms with van der Waals surface area (Å²) in [6, 6.07) is 20.4. The first-order chi connectivity index (χ1) is 15.3. The van der Waals surface area contributed by atoms with Gasteiger partial charge in [-0.05, 0) is 55.8 Å². The van der Waals surface area contributed by atoms with Crippen LogP contribution in [0, 0.1) is 6.92 Å². The molecule has 3 aromatic rings. The van der Waals surface area contributed by atoms with Crippen LogP contribution in [-0.2, 0) is 14.8 Å². The number of rotatable bonds is 9. The van der Waals surface area contributed by atoms with Gasteiger partial charge in [-0.2, -0.15) is 0 Å². The van der Waals surface area contributed by atoms with Gasteiger partial charge >= 0.3 is 0 Å². The monoisotopic (exact) mass is 454 g/mol. The number of ether oxygens (including phenoxy) is 2. The maximum Gasteiger partial charge on any atom is 0.261 e. The van der Waals surface area contributed by atoms with Crippen LogP contribution >= 0.6 is 0 Å². The number of hydrogen-bond donors (Lipinski definition) is 2. The molecule has 3 rings (SSSR count). The Hall–Kier alpha value is -3.52. The number of carbonyl (C=O) groups excluding carboxylic acids is 1. The summed E-state index contributed by atoms with van der Waals surface area (Å²) in [5.41, 5.74) is 1.94. The predicted octanol–water partition coefficient (Wildman–Crippen LogP) is 4.06. The summed E-state index contributed by atoms with van der Waals surface area (Å²) in [6.07, 6.45) is 0. The maximum atomic E-state index is 12.6. The van der Waals surface area contributed by atoms with Gasteiger partial charge in [0.1, 0.15) is 11.5 Å². The quantitative estimate of drug-likeness (QED) is 0.509. The van der Waals surface area contributed by atoms with Crippen LogP contribution in [0.5, 0.6) is 11.5 Å². The number of methoxy groups -OCH3 is 1. The second kappa shape index (κ2) is 10.2. The smallest absolute Gasteiger partial charge is 0.261 e. The Bertz CT molecular complexity index is 1180. The lowest BCUT2D eigenvalue weighted by atomic mass is 10.1. The van der Waals surface area contributed by atoms with E-state index in [-0.39, 0.29) is 23.5 Å². The Kier molecular flexibility index (Phi) is 7.37. The Morgan fingerprint density at radius 3 is 2.34 bits per heavy atom. The van der Waals surface area contributed by atoms with Gasteiger partial charge in [0.15, 0.2) is 6.61 Å². The molecule has 3 aromatic carbocycles. The van der Waals surface area contributed by atoms with Crippen LogP contribution in [0.4, 0.5) is 5.69 Å². The minimum Gasteiger partial charge on any atom is -0.496 e. The lowest BCUT2D eigenvalue weighted by Crippen LogP contribution is -2.31. The first-order valence-electron chi connectivity index (χ1n) is 10.0. The van der Waals surface area contributed by atoms with Crippen LogP contribution in [0.2, 0.25) is 0 Å². The van der Waals surface area contributed by atoms with Gasteiger partial charge in [-0.3, -0.25) is 9.52 Å². The Labute approximate surface area is 188 Å². The Balaban J connectivity index is 1.61. The second-order valence-corrected chi connectivity index (χ2v) is 8.90. The van der Waals surface area contributed by atoms with E-state index in [1.165, 1.54) is 12.1 Å². The molecule has 1 unspecified atom stereocenters. The molecule has 0 radical (unpaired) electrons. The number of para-hydroxylation sites is 2. The van der Waals surface area contributed by atoms with E-state index < -0.39 is 10.0 Å². The predicted molar refractivity (Wildman–Crippen MR) is 123 cm³/mol. The summed E-state index contributed by atoms with van der Waals surface area (Å²) >= 11 is 0. The first-order valence-corrected chi connectivity index (χ1v) is 11.5. The lowest BCUT2D eigenvalue weighted by molar-refractivity contribution is -0.123. The summed E-state index contributed by atoms with van der Waals surface area (Å²) in [7, 11) is -2.15. The molecule has 168 valence electrons. The highest BCUT2D eigenvalue weighted by Gasteiger charge is 2.17. The number of anilines is 1. The van der Waals surface area contributed by atoms with Gasteiger partial charge < -0.3 is 14.8 Å². The van der Waals surface area contributed by atoms with Crippen LogP contribution < -0.4 is 19.5 Å². The standard InChI is InChI=1S/C24H26N2O5S/c1-17-15-20(32(28,29)26-19-9-5-4-6-10-19)13-14-22(17)31-16-24(27)25-18(2)21-11-7-8-12-23(21)30-3/h4-15,18,26H,16H2,1-3H3,(H,25,27). The van der Waals surface area contributed by atoms with Gasteiger partial charge in [0, 0.05) is 11.3 Å². The van der Waals surface area contributed by atoms with E-state index >= 15 is 0 Å². The van der Waals surface area contributed by atoms with Gasteiger partial charge in [0.05, 0.1) is 18.0 Å². The third kappa shape index (κ3) is 5.79. The van der Waals surface area contributed by atoms with Crippen LogP contribution in [0.25, 0.3) is 0 Å². The zero-order valence-corrected chi connectivity index (χ0v) is 19.0. The van der Waals surface area contributed by atoms with Crippen molar-refractivity contribution in [1.82, 2.24) is 5.32 Å². The average molecular weight is 455 g/mol. The van der Waals surface area contributed by atoms with E-state index in [1.54, 1.807) is 50.4 Å². The molecule has 1 atom stereocenters. The van der Waals surface area contributed by atoms with Gasteiger partial charge in [-0.15, -0.1) is 0 Å². The van der Waals surface area contributed by atoms with E-state index in [4.69, 9.17) is 9.47 Å². The highest BCUT2D eigenvalue weighted by Crippen LogP contribution is 2.25. The number of carbonyl (C=O) groups is 1. The minimum atomic E-state index is -3.73. The molecule has 0 bridgehead atoms. The highest BCUT2D eigenvalue weighted by atomic mass is 32.2. The summed E-state index contributed by atoms with van der Waals surface area (Å²) in [5.74, 6) is 0.826. The van der Waals surface area contributed by atoms with Crippen molar-refractivity contribution in [2.75, 3.05) is 18.4 Å². The maximum absolute atomic E-state index is 12.6. The van der Waals surface area contributed by atoms with Crippen molar-refractivity contribution in [2.45, 2.75) is 24.8 Å². The zero-order chi connectivity index (χ0) is 23.1. The fourth-order valence-corrected chi connectivity index (χ4v) is 4.34. The van der Waals surface area contributed by atoms with Crippen LogP contribution in [0.1, 0.15) is 24.1 Å². The molecule has 8 heteroatoms. The number of amides is 1. The molecule has 2 N–H and O–H groups in total. The topological polar surface area (TPSA) is 93.7 Å². The SMILES string of the molecule is COc1ccccc1C(C)NC(=O)COc1ccc(S(=O)(=O)Nc2ccccc2)cc1C. The molecule has 7 nitrogen and oxygen atoms in total. The van der Waals surface area contributed by atoms with Crippen molar-refractivity contribution in [3.63, 3.8) is 0 Å². The van der Waals surface area contributed by atoms with E-state index in [2.05, 4.69) is 10.0 Å². The van der Waals surface area contributed by atoms with E-state index in [0.717, 1.165) is 5.56 Å². The Morgan fingerprint density at radius 1 is 0.969 bits per heavy atom. The van der Waals surface area contributed by atoms with E-state index in [1.807, 2.05) is 31.2 Å². The summed E-state index contributed by atoms with van der Waals surface area (Å²) in [4.78, 5) is 12.5. The van der Waals surface area contributed by atoms with Crippen LogP contribution in [0.3, 0.4) is 0 Å². The molecule has 0 saturated heterocycles. The van der Waals surface area contributed by atoms with Gasteiger partial charge in [-0.1, -0.05) is 36.4 Å². The van der Waals surface area contributed by atoms with Gasteiger partial charge in [0.2, 0.25) is 0 Å². The lowest BCUT2D eigenvalue weighted by Gasteiger charge is -2.18. The zero-order valence-electron chi connectivity index (χ0n) is 18.2. The largest absolute Gasteiger partial charge is 0.496 e. The first kappa shape index (κ1) is 23.1. The summed E-state index contributed by atoms with van der Waals surface area (Å²) in [5, 5.41) is 2.87. The summed E-state index contributed by atoms with van der Waals surface area (Å²) in [6.45, 7) is 3.39. The number of hydrogen-bond acceptors (Lipinski definition) is 5. The number of nitrogens with one attached hydrogen (secondary N) is 2. The fourth-order valence-electron chi connectivity index (χ4n) is 3.20. The van der Waals surface area contributed by atoms with Crippen LogP contribution in [-0.4, -0.2) is 28.0 Å². The average Bonchev–Trinajstić information content (AvgIpc) is 2.78. The fraction of sp³-hybridized carbons (Fsp3) is 0.208. The molecule has 0 aliphatic rings. The van der Waals surface area contributed by atoms with Gasteiger partial charge in [-0.25, -0.2) is 8.42 Å². The number of aryl methyl sites for hydroxylation is 1. The third-order valence-electron chi connectivity index (χ3n) is 4.82. The molecule has 0 aromatic heterocycles. The number of sulfonamides is 1. The molecular weight excluding hydrogens is 428 g/mol. The number of benzene rings is 3. The molecule has 0 fully saturated rings. The van der Waals surface area contributed by atoms with Crippen molar-refractivity contribution in [3.05, 3.63) is 83.9 Å². The molecular formula is C24H26N2O5S. The Morgan fingerprint density at radius 2 is 1.66 bits per heavy atom. The molecule has 32 heavy (non-hydrogen) atoms. The normalized spacial score (nSPS) is 12.0. The highest BCUT2D eigenvalue weighted by molar-refractivity contribution is 7.92. The van der Waals surface area contributed by atoms with E-state index in [9.17, 15) is 13.2 Å². The second-order valence-electron chi connectivity index (χ2n) is 7.22. The third-order valence-corrected chi connectivity index (χ3v) is 6.20. The van der Waals surface area contributed by atoms with E-state index in [0.29, 0.717) is 22.7 Å². The molecule has 0 spiro atoms. The van der Waals surface area contributed by atoms with Crippen molar-refractivity contribution < 1.29 is 22.7 Å². The van der Waals surface area contributed by atoms with Crippen molar-refractivity contribution in [1.29, 1.82) is 0 Å². The molecule has 1 amide bonds. The summed E-state index contributed by atoms with van der Waals surface area (Å²) < 4.78 is 38.7. The molecule has 0 saturated carbocycles. The molecule has 0 heterocycles. The van der Waals surface area contributed by atoms with Crippen molar-refractivity contribution in [3.8, 4) is 11.5 Å². The van der Waals surface area contributed by atoms with Gasteiger partial charge in [0.25, 0.3) is 15.9 Å². The van der Waals surface area contributed by atoms with Crippen molar-refractivity contribution in [2.24, 2.45) is 0 Å². The van der Waals surface area contributed by atoms with Crippen LogP contribution in [0.15, 0.2) is 77.7 Å². The molecule has 0 aliphatic carbocycles. The molecule has 0 aliphatic heterocycles.